The van der Waals surface area contributed by atoms with Crippen molar-refractivity contribution in [3.63, 3.8) is 0 Å². The Hall–Kier alpha value is -2.43. The first-order valence-electron chi connectivity index (χ1n) is 8.42. The summed E-state index contributed by atoms with van der Waals surface area (Å²) in [6.45, 7) is 1.52. The average molecular weight is 399 g/mol. The molecule has 7 heteroatoms. The van der Waals surface area contributed by atoms with Crippen LogP contribution < -0.4 is 5.32 Å². The number of benzene rings is 2. The summed E-state index contributed by atoms with van der Waals surface area (Å²) in [4.78, 5) is 24.5. The molecule has 0 radical (unpaired) electrons. The Balaban J connectivity index is 1.55. The molecule has 0 unspecified atom stereocenters. The normalized spacial score (nSPS) is 15.0. The number of thioether (sulfide) groups is 2. The Kier molecular flexibility index (Phi) is 6.43. The van der Waals surface area contributed by atoms with Gasteiger partial charge >= 0.3 is 5.97 Å². The van der Waals surface area contributed by atoms with Crippen LogP contribution in [0.5, 0.6) is 0 Å². The number of anilines is 1. The maximum Gasteiger partial charge on any atom is 0.338 e. The van der Waals surface area contributed by atoms with E-state index in [1.807, 2.05) is 41.7 Å². The minimum Gasteiger partial charge on any atom is -0.449 e. The maximum absolute atomic E-state index is 12.3. The number of nitrogens with one attached hydrogen (secondary N) is 1. The molecule has 1 heterocycles. The first-order valence-corrected chi connectivity index (χ1v) is 10.5. The van der Waals surface area contributed by atoms with Crippen LogP contribution in [0.2, 0.25) is 0 Å². The lowest BCUT2D eigenvalue weighted by molar-refractivity contribution is -0.123. The van der Waals surface area contributed by atoms with Gasteiger partial charge in [0.25, 0.3) is 5.91 Å². The number of esters is 1. The molecule has 3 rings (SSSR count). The predicted molar refractivity (Wildman–Crippen MR) is 109 cm³/mol. The molecule has 1 saturated heterocycles. The lowest BCUT2D eigenvalue weighted by Gasteiger charge is -2.14. The number of carbonyl (C=O) groups is 2. The Morgan fingerprint density at radius 1 is 1.11 bits per heavy atom. The molecular formula is C20H18N2O3S2. The van der Waals surface area contributed by atoms with E-state index in [-0.39, 0.29) is 0 Å². The van der Waals surface area contributed by atoms with Crippen LogP contribution in [0.15, 0.2) is 48.5 Å². The molecule has 0 bridgehead atoms. The standard InChI is InChI=1S/C20H18N2O3S2/c1-13(18(23)22-17-8-2-14(12-21)3-9-17)25-19(24)15-4-6-16(7-5-15)20-26-10-11-27-20/h2-9,13,20H,10-11H2,1H3,(H,22,23)/t13-/m0/s1. The minimum absolute atomic E-state index is 0.421. The van der Waals surface area contributed by atoms with Gasteiger partial charge < -0.3 is 10.1 Å². The lowest BCUT2D eigenvalue weighted by atomic mass is 10.1. The van der Waals surface area contributed by atoms with Crippen molar-refractivity contribution in [1.29, 1.82) is 5.26 Å². The molecule has 138 valence electrons. The Bertz CT molecular complexity index is 854. The van der Waals surface area contributed by atoms with E-state index in [1.54, 1.807) is 36.4 Å². The van der Waals surface area contributed by atoms with Crippen LogP contribution in [-0.2, 0) is 9.53 Å². The van der Waals surface area contributed by atoms with Gasteiger partial charge in [0.2, 0.25) is 0 Å². The van der Waals surface area contributed by atoms with E-state index in [2.05, 4.69) is 5.32 Å². The van der Waals surface area contributed by atoms with Crippen molar-refractivity contribution in [1.82, 2.24) is 0 Å². The van der Waals surface area contributed by atoms with Gasteiger partial charge in [-0.1, -0.05) is 12.1 Å². The Morgan fingerprint density at radius 2 is 1.74 bits per heavy atom. The van der Waals surface area contributed by atoms with E-state index in [0.29, 0.717) is 21.4 Å². The van der Waals surface area contributed by atoms with Crippen molar-refractivity contribution >= 4 is 41.1 Å². The van der Waals surface area contributed by atoms with E-state index in [0.717, 1.165) is 11.5 Å². The van der Waals surface area contributed by atoms with Crippen LogP contribution in [0.25, 0.3) is 0 Å². The highest BCUT2D eigenvalue weighted by Gasteiger charge is 2.21. The van der Waals surface area contributed by atoms with Crippen molar-refractivity contribution < 1.29 is 14.3 Å². The summed E-state index contributed by atoms with van der Waals surface area (Å²) in [5, 5.41) is 11.5. The second-order valence-electron chi connectivity index (χ2n) is 5.92. The number of nitriles is 1. The Morgan fingerprint density at radius 3 is 2.33 bits per heavy atom. The fourth-order valence-electron chi connectivity index (χ4n) is 2.48. The van der Waals surface area contributed by atoms with Crippen molar-refractivity contribution in [2.24, 2.45) is 0 Å². The fourth-order valence-corrected chi connectivity index (χ4v) is 5.34. The molecular weight excluding hydrogens is 380 g/mol. The molecule has 2 aromatic rings. The van der Waals surface area contributed by atoms with Crippen molar-refractivity contribution in [2.45, 2.75) is 17.6 Å². The van der Waals surface area contributed by atoms with Crippen molar-refractivity contribution in [3.8, 4) is 6.07 Å². The monoisotopic (exact) mass is 398 g/mol. The molecule has 1 N–H and O–H groups in total. The minimum atomic E-state index is -0.936. The van der Waals surface area contributed by atoms with Gasteiger partial charge in [-0.05, 0) is 48.9 Å². The van der Waals surface area contributed by atoms with E-state index in [1.165, 1.54) is 12.5 Å². The molecule has 1 aliphatic heterocycles. The zero-order valence-electron chi connectivity index (χ0n) is 14.7. The van der Waals surface area contributed by atoms with Gasteiger partial charge in [0.05, 0.1) is 21.8 Å². The summed E-state index contributed by atoms with van der Waals surface area (Å²) in [7, 11) is 0. The largest absolute Gasteiger partial charge is 0.449 e. The molecule has 5 nitrogen and oxygen atoms in total. The van der Waals surface area contributed by atoms with Gasteiger partial charge in [0.1, 0.15) is 0 Å². The smallest absolute Gasteiger partial charge is 0.338 e. The molecule has 27 heavy (non-hydrogen) atoms. The third-order valence-electron chi connectivity index (χ3n) is 3.97. The summed E-state index contributed by atoms with van der Waals surface area (Å²) < 4.78 is 5.69. The van der Waals surface area contributed by atoms with Gasteiger partial charge in [-0.2, -0.15) is 5.26 Å². The van der Waals surface area contributed by atoms with Gasteiger partial charge in [0.15, 0.2) is 6.10 Å². The SMILES string of the molecule is C[C@H](OC(=O)c1ccc(C2SCCS2)cc1)C(=O)Nc1ccc(C#N)cc1. The number of amides is 1. The van der Waals surface area contributed by atoms with Crippen LogP contribution in [0, 0.1) is 11.3 Å². The third kappa shape index (κ3) is 5.06. The maximum atomic E-state index is 12.3. The highest BCUT2D eigenvalue weighted by atomic mass is 32.2. The molecule has 0 aliphatic carbocycles. The first-order chi connectivity index (χ1) is 13.1. The summed E-state index contributed by atoms with van der Waals surface area (Å²) in [6.07, 6.45) is -0.936. The number of hydrogen-bond acceptors (Lipinski definition) is 6. The quantitative estimate of drug-likeness (QED) is 0.760. The van der Waals surface area contributed by atoms with Crippen LogP contribution >= 0.6 is 23.5 Å². The molecule has 0 spiro atoms. The van der Waals surface area contributed by atoms with Crippen LogP contribution in [0.4, 0.5) is 5.69 Å². The molecule has 0 saturated carbocycles. The molecule has 0 aromatic heterocycles. The second kappa shape index (κ2) is 8.98. The van der Waals surface area contributed by atoms with Crippen LogP contribution in [0.1, 0.15) is 33.0 Å². The van der Waals surface area contributed by atoms with Gasteiger partial charge in [-0.15, -0.1) is 23.5 Å². The van der Waals surface area contributed by atoms with Crippen molar-refractivity contribution in [2.75, 3.05) is 16.8 Å². The number of carbonyl (C=O) groups excluding carboxylic acids is 2. The van der Waals surface area contributed by atoms with Gasteiger partial charge in [-0.25, -0.2) is 4.79 Å². The summed E-state index contributed by atoms with van der Waals surface area (Å²) in [5.74, 6) is 1.33. The summed E-state index contributed by atoms with van der Waals surface area (Å²) in [5.41, 5.74) is 2.65. The van der Waals surface area contributed by atoms with E-state index in [4.69, 9.17) is 10.00 Å². The topological polar surface area (TPSA) is 79.2 Å². The summed E-state index contributed by atoms with van der Waals surface area (Å²) >= 11 is 3.81. The van der Waals surface area contributed by atoms with E-state index >= 15 is 0 Å². The van der Waals surface area contributed by atoms with Gasteiger partial charge in [-0.3, -0.25) is 4.79 Å². The second-order valence-corrected chi connectivity index (χ2v) is 8.65. The predicted octanol–water partition coefficient (Wildman–Crippen LogP) is 4.22. The molecule has 1 aliphatic rings. The number of rotatable bonds is 5. The molecule has 1 amide bonds. The zero-order chi connectivity index (χ0) is 19.2. The molecule has 1 atom stereocenters. The zero-order valence-corrected chi connectivity index (χ0v) is 16.3. The molecule has 1 fully saturated rings. The number of ether oxygens (including phenoxy) is 1. The highest BCUT2D eigenvalue weighted by molar-refractivity contribution is 8.19. The fraction of sp³-hybridized carbons (Fsp3) is 0.250. The van der Waals surface area contributed by atoms with Crippen LogP contribution in [0.3, 0.4) is 0 Å². The average Bonchev–Trinajstić information content (AvgIpc) is 3.23. The first kappa shape index (κ1) is 19.3. The Labute approximate surface area is 166 Å². The highest BCUT2D eigenvalue weighted by Crippen LogP contribution is 2.45. The number of hydrogen-bond donors (Lipinski definition) is 1. The van der Waals surface area contributed by atoms with Crippen molar-refractivity contribution in [3.05, 3.63) is 65.2 Å². The molecule has 2 aromatic carbocycles. The van der Waals surface area contributed by atoms with Gasteiger partial charge in [0, 0.05) is 17.2 Å². The van der Waals surface area contributed by atoms with E-state index in [9.17, 15) is 9.59 Å². The van der Waals surface area contributed by atoms with Crippen LogP contribution in [-0.4, -0.2) is 29.5 Å². The third-order valence-corrected chi connectivity index (χ3v) is 7.08. The summed E-state index contributed by atoms with van der Waals surface area (Å²) in [6, 6.07) is 15.8. The number of nitrogens with zero attached hydrogens (tertiary/aromatic N) is 1. The van der Waals surface area contributed by atoms with E-state index < -0.39 is 18.0 Å². The lowest BCUT2D eigenvalue weighted by Crippen LogP contribution is -2.30.